The number of carbonyl (C=O) groups is 2. The van der Waals surface area contributed by atoms with Crippen molar-refractivity contribution < 1.29 is 24.2 Å². The molecular weight excluding hydrogens is 292 g/mol. The molecular formula is C11H11BrO5. The van der Waals surface area contributed by atoms with Gasteiger partial charge in [-0.15, -0.1) is 0 Å². The van der Waals surface area contributed by atoms with Crippen LogP contribution in [0.25, 0.3) is 0 Å². The molecule has 0 aliphatic rings. The number of hydrogen-bond donors (Lipinski definition) is 1. The van der Waals surface area contributed by atoms with Crippen LogP contribution < -0.4 is 9.47 Å². The zero-order valence-corrected chi connectivity index (χ0v) is 11.1. The maximum Gasteiger partial charge on any atom is 0.377 e. The summed E-state index contributed by atoms with van der Waals surface area (Å²) in [5.74, 6) is -1.84. The quantitative estimate of drug-likeness (QED) is 0.680. The van der Waals surface area contributed by atoms with Gasteiger partial charge >= 0.3 is 5.97 Å². The van der Waals surface area contributed by atoms with E-state index in [1.165, 1.54) is 20.3 Å². The Morgan fingerprint density at radius 2 is 1.76 bits per heavy atom. The lowest BCUT2D eigenvalue weighted by molar-refractivity contribution is -0.131. The molecule has 0 aliphatic carbocycles. The third-order valence-electron chi connectivity index (χ3n) is 2.26. The van der Waals surface area contributed by atoms with Crippen LogP contribution in [0.5, 0.6) is 11.5 Å². The topological polar surface area (TPSA) is 72.8 Å². The molecule has 0 spiro atoms. The SMILES string of the molecule is COc1c(Br)cc(C(=O)C(=O)O)c(OC)c1C. The fraction of sp³-hybridized carbons (Fsp3) is 0.273. The summed E-state index contributed by atoms with van der Waals surface area (Å²) >= 11 is 3.21. The molecule has 1 N–H and O–H groups in total. The van der Waals surface area contributed by atoms with Gasteiger partial charge in [0, 0.05) is 5.56 Å². The van der Waals surface area contributed by atoms with Crippen molar-refractivity contribution >= 4 is 27.7 Å². The van der Waals surface area contributed by atoms with Gasteiger partial charge in [-0.1, -0.05) is 0 Å². The van der Waals surface area contributed by atoms with Crippen LogP contribution in [0.4, 0.5) is 0 Å². The van der Waals surface area contributed by atoms with Crippen molar-refractivity contribution in [2.45, 2.75) is 6.92 Å². The summed E-state index contributed by atoms with van der Waals surface area (Å²) in [6.07, 6.45) is 0. The van der Waals surface area contributed by atoms with E-state index < -0.39 is 11.8 Å². The zero-order valence-electron chi connectivity index (χ0n) is 9.54. The predicted molar refractivity (Wildman–Crippen MR) is 63.9 cm³/mol. The number of rotatable bonds is 4. The number of carboxylic acids is 1. The van der Waals surface area contributed by atoms with Crippen LogP contribution in [-0.2, 0) is 4.79 Å². The van der Waals surface area contributed by atoms with Crippen molar-refractivity contribution in [3.8, 4) is 11.5 Å². The van der Waals surface area contributed by atoms with Crippen molar-refractivity contribution in [1.82, 2.24) is 0 Å². The van der Waals surface area contributed by atoms with E-state index in [0.717, 1.165) is 0 Å². The Bertz CT molecular complexity index is 481. The van der Waals surface area contributed by atoms with Crippen molar-refractivity contribution in [1.29, 1.82) is 0 Å². The van der Waals surface area contributed by atoms with Crippen LogP contribution >= 0.6 is 15.9 Å². The second-order valence-electron chi connectivity index (χ2n) is 3.23. The first-order chi connectivity index (χ1) is 7.93. The molecule has 0 saturated heterocycles. The molecule has 0 radical (unpaired) electrons. The summed E-state index contributed by atoms with van der Waals surface area (Å²) in [5, 5.41) is 8.71. The molecule has 6 heteroatoms. The number of halogens is 1. The van der Waals surface area contributed by atoms with Gasteiger partial charge in [0.15, 0.2) is 0 Å². The van der Waals surface area contributed by atoms with E-state index in [-0.39, 0.29) is 11.3 Å². The molecule has 0 bridgehead atoms. The first kappa shape index (κ1) is 13.5. The van der Waals surface area contributed by atoms with Gasteiger partial charge in [-0.05, 0) is 28.9 Å². The van der Waals surface area contributed by atoms with Gasteiger partial charge in [-0.2, -0.15) is 0 Å². The second-order valence-corrected chi connectivity index (χ2v) is 4.09. The van der Waals surface area contributed by atoms with E-state index in [1.54, 1.807) is 6.92 Å². The minimum Gasteiger partial charge on any atom is -0.496 e. The lowest BCUT2D eigenvalue weighted by Crippen LogP contribution is -2.14. The minimum atomic E-state index is -1.53. The molecule has 1 aromatic rings. The van der Waals surface area contributed by atoms with Crippen LogP contribution in [0, 0.1) is 6.92 Å². The lowest BCUT2D eigenvalue weighted by atomic mass is 10.0. The fourth-order valence-corrected chi connectivity index (χ4v) is 2.23. The number of benzene rings is 1. The maximum atomic E-state index is 11.5. The Hall–Kier alpha value is -1.56. The van der Waals surface area contributed by atoms with E-state index in [9.17, 15) is 9.59 Å². The largest absolute Gasteiger partial charge is 0.496 e. The lowest BCUT2D eigenvalue weighted by Gasteiger charge is -2.14. The highest BCUT2D eigenvalue weighted by Gasteiger charge is 2.24. The van der Waals surface area contributed by atoms with Crippen molar-refractivity contribution in [3.63, 3.8) is 0 Å². The molecule has 0 fully saturated rings. The summed E-state index contributed by atoms with van der Waals surface area (Å²) in [5.41, 5.74) is 0.555. The van der Waals surface area contributed by atoms with Crippen LogP contribution in [-0.4, -0.2) is 31.1 Å². The summed E-state index contributed by atoms with van der Waals surface area (Å²) < 4.78 is 10.7. The average Bonchev–Trinajstić information content (AvgIpc) is 2.27. The number of ketones is 1. The minimum absolute atomic E-state index is 0.00910. The normalized spacial score (nSPS) is 9.88. The Labute approximate surface area is 106 Å². The number of aliphatic carboxylic acids is 1. The first-order valence-corrected chi connectivity index (χ1v) is 5.42. The van der Waals surface area contributed by atoms with E-state index in [0.29, 0.717) is 15.8 Å². The average molecular weight is 303 g/mol. The number of Topliss-reactive ketones (excluding diaryl/α,β-unsaturated/α-hetero) is 1. The number of hydrogen-bond acceptors (Lipinski definition) is 4. The zero-order chi connectivity index (χ0) is 13.2. The smallest absolute Gasteiger partial charge is 0.377 e. The van der Waals surface area contributed by atoms with Gasteiger partial charge in [0.25, 0.3) is 5.78 Å². The predicted octanol–water partition coefficient (Wildman–Crippen LogP) is 2.04. The molecule has 0 aromatic heterocycles. The molecule has 1 aromatic carbocycles. The van der Waals surface area contributed by atoms with Crippen molar-refractivity contribution in [2.75, 3.05) is 14.2 Å². The molecule has 17 heavy (non-hydrogen) atoms. The molecule has 0 heterocycles. The van der Waals surface area contributed by atoms with Crippen molar-refractivity contribution in [3.05, 3.63) is 21.7 Å². The molecule has 92 valence electrons. The van der Waals surface area contributed by atoms with Gasteiger partial charge in [0.05, 0.1) is 24.3 Å². The summed E-state index contributed by atoms with van der Waals surface area (Å²) in [4.78, 5) is 22.2. The highest BCUT2D eigenvalue weighted by molar-refractivity contribution is 9.10. The fourth-order valence-electron chi connectivity index (χ4n) is 1.54. The summed E-state index contributed by atoms with van der Waals surface area (Å²) in [6.45, 7) is 1.68. The molecule has 1 rings (SSSR count). The number of ether oxygens (including phenoxy) is 2. The second kappa shape index (κ2) is 5.18. The van der Waals surface area contributed by atoms with Gasteiger partial charge in [0.1, 0.15) is 11.5 Å². The van der Waals surface area contributed by atoms with Gasteiger partial charge in [-0.3, -0.25) is 4.79 Å². The van der Waals surface area contributed by atoms with Crippen LogP contribution in [0.3, 0.4) is 0 Å². The van der Waals surface area contributed by atoms with Crippen molar-refractivity contribution in [2.24, 2.45) is 0 Å². The molecule has 0 atom stereocenters. The van der Waals surface area contributed by atoms with Crippen LogP contribution in [0.15, 0.2) is 10.5 Å². The van der Waals surface area contributed by atoms with E-state index in [1.807, 2.05) is 0 Å². The van der Waals surface area contributed by atoms with Crippen LogP contribution in [0.1, 0.15) is 15.9 Å². The molecule has 0 aliphatic heterocycles. The maximum absolute atomic E-state index is 11.5. The molecule has 0 saturated carbocycles. The standard InChI is InChI=1S/C11H11BrO5/c1-5-9(16-2)6(8(13)11(14)15)4-7(12)10(5)17-3/h4H,1-3H3,(H,14,15). The number of carbonyl (C=O) groups excluding carboxylic acids is 1. The Morgan fingerprint density at radius 1 is 1.24 bits per heavy atom. The third-order valence-corrected chi connectivity index (χ3v) is 2.85. The van der Waals surface area contributed by atoms with Gasteiger partial charge in [0.2, 0.25) is 0 Å². The summed E-state index contributed by atoms with van der Waals surface area (Å²) in [6, 6.07) is 1.38. The number of methoxy groups -OCH3 is 2. The van der Waals surface area contributed by atoms with Gasteiger partial charge < -0.3 is 14.6 Å². The Morgan fingerprint density at radius 3 is 2.18 bits per heavy atom. The highest BCUT2D eigenvalue weighted by Crippen LogP contribution is 2.38. The van der Waals surface area contributed by atoms with Crippen LogP contribution in [0.2, 0.25) is 0 Å². The molecule has 0 unspecified atom stereocenters. The Kier molecular flexibility index (Phi) is 4.11. The molecule has 0 amide bonds. The number of carboxylic acid groups (broad SMARTS) is 1. The van der Waals surface area contributed by atoms with E-state index in [4.69, 9.17) is 14.6 Å². The highest BCUT2D eigenvalue weighted by atomic mass is 79.9. The first-order valence-electron chi connectivity index (χ1n) is 4.62. The Balaban J connectivity index is 3.52. The third kappa shape index (κ3) is 2.41. The summed E-state index contributed by atoms with van der Waals surface area (Å²) in [7, 11) is 2.85. The molecule has 5 nitrogen and oxygen atoms in total. The van der Waals surface area contributed by atoms with E-state index in [2.05, 4.69) is 15.9 Å². The monoisotopic (exact) mass is 302 g/mol. The van der Waals surface area contributed by atoms with Gasteiger partial charge in [-0.25, -0.2) is 4.79 Å². The van der Waals surface area contributed by atoms with E-state index >= 15 is 0 Å².